The van der Waals surface area contributed by atoms with Crippen LogP contribution in [0.1, 0.15) is 21.5 Å². The standard InChI is InChI=1S/C26H25FN4O2/c1-17-14-30(15-21(17)26(33)31-12-10-29(2)11-13-31)16-22-24-20(18-6-8-19(27)9-7-18)4-3-5-23(24)28-25(22)32/h3-9,14-16H,10-13H2,1-2H3,(H,28,32). The van der Waals surface area contributed by atoms with Crippen LogP contribution in [0.5, 0.6) is 0 Å². The van der Waals surface area contributed by atoms with Gasteiger partial charge >= 0.3 is 0 Å². The van der Waals surface area contributed by atoms with Crippen LogP contribution in [-0.2, 0) is 4.79 Å². The van der Waals surface area contributed by atoms with Gasteiger partial charge in [0.1, 0.15) is 5.82 Å². The maximum Gasteiger partial charge on any atom is 0.257 e. The molecule has 0 saturated carbocycles. The number of aryl methyl sites for hydroxylation is 1. The average Bonchev–Trinajstić information content (AvgIpc) is 3.33. The monoisotopic (exact) mass is 444 g/mol. The second-order valence-corrected chi connectivity index (χ2v) is 8.63. The number of nitrogens with one attached hydrogen (secondary N) is 1. The highest BCUT2D eigenvalue weighted by Gasteiger charge is 2.28. The van der Waals surface area contributed by atoms with Gasteiger partial charge in [-0.25, -0.2) is 4.39 Å². The lowest BCUT2D eigenvalue weighted by atomic mass is 9.95. The Balaban J connectivity index is 1.51. The summed E-state index contributed by atoms with van der Waals surface area (Å²) in [5.74, 6) is -0.504. The van der Waals surface area contributed by atoms with Gasteiger partial charge in [0.15, 0.2) is 0 Å². The quantitative estimate of drug-likeness (QED) is 0.623. The van der Waals surface area contributed by atoms with E-state index in [1.807, 2.05) is 36.2 Å². The number of halogens is 1. The molecule has 0 unspecified atom stereocenters. The minimum Gasteiger partial charge on any atom is -0.336 e. The van der Waals surface area contributed by atoms with Crippen molar-refractivity contribution in [3.8, 4) is 11.1 Å². The molecule has 1 N–H and O–H groups in total. The van der Waals surface area contributed by atoms with Crippen LogP contribution in [0.2, 0.25) is 0 Å². The maximum atomic E-state index is 13.4. The van der Waals surface area contributed by atoms with Crippen LogP contribution in [0.3, 0.4) is 0 Å². The Kier molecular flexibility index (Phi) is 5.34. The number of hydrogen-bond acceptors (Lipinski definition) is 3. The predicted molar refractivity (Wildman–Crippen MR) is 127 cm³/mol. The van der Waals surface area contributed by atoms with Crippen LogP contribution in [0.15, 0.2) is 54.9 Å². The van der Waals surface area contributed by atoms with E-state index >= 15 is 0 Å². The Morgan fingerprint density at radius 3 is 2.48 bits per heavy atom. The number of carbonyl (C=O) groups excluding carboxylic acids is 2. The molecule has 6 nitrogen and oxygen atoms in total. The summed E-state index contributed by atoms with van der Waals surface area (Å²) in [6, 6.07) is 11.9. The molecule has 33 heavy (non-hydrogen) atoms. The number of hydrogen-bond donors (Lipinski definition) is 1. The lowest BCUT2D eigenvalue weighted by Crippen LogP contribution is -2.47. The van der Waals surface area contributed by atoms with Gasteiger partial charge in [-0.05, 0) is 48.9 Å². The number of anilines is 1. The van der Waals surface area contributed by atoms with E-state index in [0.717, 1.165) is 35.3 Å². The average molecular weight is 445 g/mol. The summed E-state index contributed by atoms with van der Waals surface area (Å²) in [6.45, 7) is 5.04. The molecule has 3 heterocycles. The Labute approximate surface area is 191 Å². The first-order valence-electron chi connectivity index (χ1n) is 11.0. The molecular formula is C26H25FN4O2. The topological polar surface area (TPSA) is 57.6 Å². The minimum atomic E-state index is -0.309. The van der Waals surface area contributed by atoms with Crippen molar-refractivity contribution < 1.29 is 14.0 Å². The van der Waals surface area contributed by atoms with Crippen molar-refractivity contribution >= 4 is 29.3 Å². The van der Waals surface area contributed by atoms with Gasteiger partial charge in [0.05, 0.1) is 11.1 Å². The normalized spacial score (nSPS) is 17.4. The zero-order valence-electron chi connectivity index (χ0n) is 18.6. The Morgan fingerprint density at radius 1 is 1.03 bits per heavy atom. The van der Waals surface area contributed by atoms with Crippen molar-refractivity contribution in [2.75, 3.05) is 38.5 Å². The van der Waals surface area contributed by atoms with Crippen molar-refractivity contribution in [2.24, 2.45) is 0 Å². The smallest absolute Gasteiger partial charge is 0.257 e. The molecule has 0 atom stereocenters. The maximum absolute atomic E-state index is 13.4. The third kappa shape index (κ3) is 3.96. The van der Waals surface area contributed by atoms with Gasteiger partial charge < -0.3 is 19.7 Å². The number of piperazine rings is 1. The van der Waals surface area contributed by atoms with Crippen LogP contribution in [0.4, 0.5) is 10.1 Å². The van der Waals surface area contributed by atoms with Crippen molar-refractivity contribution in [1.82, 2.24) is 14.4 Å². The fraction of sp³-hybridized carbons (Fsp3) is 0.231. The molecule has 1 saturated heterocycles. The molecule has 2 aliphatic heterocycles. The van der Waals surface area contributed by atoms with E-state index in [2.05, 4.69) is 17.3 Å². The summed E-state index contributed by atoms with van der Waals surface area (Å²) in [5.41, 5.74) is 5.15. The van der Waals surface area contributed by atoms with Crippen LogP contribution in [0.25, 0.3) is 22.9 Å². The minimum absolute atomic E-state index is 0.0148. The molecular weight excluding hydrogens is 419 g/mol. The van der Waals surface area contributed by atoms with E-state index in [-0.39, 0.29) is 17.6 Å². The van der Waals surface area contributed by atoms with Crippen molar-refractivity contribution in [1.29, 1.82) is 0 Å². The summed E-state index contributed by atoms with van der Waals surface area (Å²) in [7, 11) is 2.06. The third-order valence-electron chi connectivity index (χ3n) is 6.33. The Hall–Kier alpha value is -3.71. The van der Waals surface area contributed by atoms with Crippen molar-refractivity contribution in [2.45, 2.75) is 6.92 Å². The lowest BCUT2D eigenvalue weighted by molar-refractivity contribution is -0.110. The zero-order chi connectivity index (χ0) is 23.1. The summed E-state index contributed by atoms with van der Waals surface area (Å²) < 4.78 is 15.2. The number of carbonyl (C=O) groups is 2. The third-order valence-corrected chi connectivity index (χ3v) is 6.33. The zero-order valence-corrected chi connectivity index (χ0v) is 18.6. The van der Waals surface area contributed by atoms with E-state index < -0.39 is 0 Å². The Morgan fingerprint density at radius 2 is 1.76 bits per heavy atom. The first-order chi connectivity index (χ1) is 15.9. The summed E-state index contributed by atoms with van der Waals surface area (Å²) >= 11 is 0. The number of benzene rings is 2. The Bertz CT molecular complexity index is 1270. The largest absolute Gasteiger partial charge is 0.336 e. The summed E-state index contributed by atoms with van der Waals surface area (Å²) in [5, 5.41) is 2.91. The first-order valence-corrected chi connectivity index (χ1v) is 11.0. The molecule has 5 rings (SSSR count). The fourth-order valence-electron chi connectivity index (χ4n) is 4.45. The second kappa shape index (κ2) is 8.33. The van der Waals surface area contributed by atoms with E-state index in [1.54, 1.807) is 29.1 Å². The van der Waals surface area contributed by atoms with Crippen LogP contribution in [0, 0.1) is 12.7 Å². The summed E-state index contributed by atoms with van der Waals surface area (Å²) in [6.07, 6.45) is 5.40. The van der Waals surface area contributed by atoms with E-state index in [4.69, 9.17) is 0 Å². The molecule has 168 valence electrons. The number of aromatic nitrogens is 1. The molecule has 3 aromatic rings. The number of rotatable bonds is 3. The molecule has 2 aromatic carbocycles. The highest BCUT2D eigenvalue weighted by atomic mass is 19.1. The van der Waals surface area contributed by atoms with Gasteiger partial charge in [-0.1, -0.05) is 24.3 Å². The number of amides is 2. The molecule has 0 aliphatic carbocycles. The highest BCUT2D eigenvalue weighted by Crippen LogP contribution is 2.40. The van der Waals surface area contributed by atoms with Gasteiger partial charge in [0, 0.05) is 56.0 Å². The van der Waals surface area contributed by atoms with Gasteiger partial charge in [-0.2, -0.15) is 0 Å². The van der Waals surface area contributed by atoms with E-state index in [9.17, 15) is 14.0 Å². The van der Waals surface area contributed by atoms with Crippen LogP contribution < -0.4 is 5.32 Å². The molecule has 1 aromatic heterocycles. The van der Waals surface area contributed by atoms with Gasteiger partial charge in [-0.15, -0.1) is 0 Å². The van der Waals surface area contributed by atoms with Gasteiger partial charge in [0.2, 0.25) is 0 Å². The number of nitrogens with zero attached hydrogens (tertiary/aromatic N) is 3. The number of fused-ring (bicyclic) bond motifs is 1. The highest BCUT2D eigenvalue weighted by molar-refractivity contribution is 6.35. The van der Waals surface area contributed by atoms with E-state index in [1.165, 1.54) is 12.1 Å². The predicted octanol–water partition coefficient (Wildman–Crippen LogP) is 3.94. The van der Waals surface area contributed by atoms with E-state index in [0.29, 0.717) is 29.9 Å². The van der Waals surface area contributed by atoms with Gasteiger partial charge in [-0.3, -0.25) is 9.59 Å². The first kappa shape index (κ1) is 21.2. The second-order valence-electron chi connectivity index (χ2n) is 8.63. The SMILES string of the molecule is Cc1cn(C=C2C(=O)Nc3cccc(-c4ccc(F)cc4)c32)cc1C(=O)N1CCN(C)CC1. The number of likely N-dealkylation sites (N-methyl/N-ethyl adjacent to an activating group) is 1. The van der Waals surface area contributed by atoms with Crippen molar-refractivity contribution in [3.63, 3.8) is 0 Å². The van der Waals surface area contributed by atoms with Gasteiger partial charge in [0.25, 0.3) is 11.8 Å². The molecule has 0 radical (unpaired) electrons. The molecule has 0 bridgehead atoms. The molecule has 2 amide bonds. The molecule has 1 fully saturated rings. The fourth-order valence-corrected chi connectivity index (χ4v) is 4.45. The van der Waals surface area contributed by atoms with Crippen LogP contribution >= 0.6 is 0 Å². The molecule has 0 spiro atoms. The van der Waals surface area contributed by atoms with Crippen molar-refractivity contribution in [3.05, 3.63) is 77.4 Å². The summed E-state index contributed by atoms with van der Waals surface area (Å²) in [4.78, 5) is 30.0. The lowest BCUT2D eigenvalue weighted by Gasteiger charge is -2.32. The van der Waals surface area contributed by atoms with Crippen LogP contribution in [-0.4, -0.2) is 59.4 Å². The molecule has 7 heteroatoms. The molecule has 2 aliphatic rings.